The molecule has 0 fully saturated rings. The number of carbonyl (C=O) groups excluding carboxylic acids is 1. The molecule has 3 rings (SSSR count). The zero-order chi connectivity index (χ0) is 14.8. The molecule has 0 radical (unpaired) electrons. The largest absolute Gasteiger partial charge is 0.485 e. The molecular weight excluding hydrogens is 313 g/mol. The van der Waals surface area contributed by atoms with Crippen molar-refractivity contribution in [2.75, 3.05) is 11.9 Å². The molecule has 0 spiro atoms. The molecule has 108 valence electrons. The molecule has 0 saturated heterocycles. The number of benzene rings is 2. The summed E-state index contributed by atoms with van der Waals surface area (Å²) < 4.78 is 11.1. The van der Waals surface area contributed by atoms with Crippen LogP contribution in [0.4, 0.5) is 5.69 Å². The molecule has 1 atom stereocenters. The van der Waals surface area contributed by atoms with E-state index in [4.69, 9.17) is 32.7 Å². The monoisotopic (exact) mass is 323 g/mol. The smallest absolute Gasteiger partial charge is 0.269 e. The Balaban J connectivity index is 1.76. The highest BCUT2D eigenvalue weighted by Gasteiger charge is 2.28. The molecule has 0 bridgehead atoms. The van der Waals surface area contributed by atoms with Gasteiger partial charge in [0, 0.05) is 0 Å². The maximum absolute atomic E-state index is 12.2. The van der Waals surface area contributed by atoms with E-state index in [1.165, 1.54) is 0 Å². The predicted molar refractivity (Wildman–Crippen MR) is 81.4 cm³/mol. The molecule has 1 heterocycles. The number of para-hydroxylation sites is 3. The summed E-state index contributed by atoms with van der Waals surface area (Å²) in [5, 5.41) is 3.41. The third kappa shape index (κ3) is 2.91. The van der Waals surface area contributed by atoms with Crippen molar-refractivity contribution in [1.29, 1.82) is 0 Å². The van der Waals surface area contributed by atoms with Crippen molar-refractivity contribution in [3.8, 4) is 11.5 Å². The SMILES string of the molecule is O=C(Nc1c(Cl)cccc1Cl)[C@H]1COc2ccccc2O1. The van der Waals surface area contributed by atoms with Gasteiger partial charge in [-0.2, -0.15) is 0 Å². The van der Waals surface area contributed by atoms with Crippen molar-refractivity contribution in [1.82, 2.24) is 0 Å². The van der Waals surface area contributed by atoms with Gasteiger partial charge < -0.3 is 14.8 Å². The fourth-order valence-electron chi connectivity index (χ4n) is 1.97. The molecule has 6 heteroatoms. The van der Waals surface area contributed by atoms with Crippen molar-refractivity contribution in [2.45, 2.75) is 6.10 Å². The van der Waals surface area contributed by atoms with Crippen LogP contribution in [0.1, 0.15) is 0 Å². The zero-order valence-electron chi connectivity index (χ0n) is 10.8. The number of hydrogen-bond donors (Lipinski definition) is 1. The van der Waals surface area contributed by atoms with Crippen molar-refractivity contribution in [2.24, 2.45) is 0 Å². The van der Waals surface area contributed by atoms with Crippen LogP contribution in [0.25, 0.3) is 0 Å². The van der Waals surface area contributed by atoms with Gasteiger partial charge in [-0.1, -0.05) is 41.4 Å². The van der Waals surface area contributed by atoms with Crippen molar-refractivity contribution >= 4 is 34.8 Å². The van der Waals surface area contributed by atoms with Gasteiger partial charge in [-0.05, 0) is 24.3 Å². The molecule has 1 N–H and O–H groups in total. The molecular formula is C15H11Cl2NO3. The first-order valence-electron chi connectivity index (χ1n) is 6.28. The minimum Gasteiger partial charge on any atom is -0.485 e. The van der Waals surface area contributed by atoms with E-state index in [1.807, 2.05) is 12.1 Å². The quantitative estimate of drug-likeness (QED) is 0.915. The number of fused-ring (bicyclic) bond motifs is 1. The molecule has 1 aliphatic heterocycles. The highest BCUT2D eigenvalue weighted by Crippen LogP contribution is 2.33. The van der Waals surface area contributed by atoms with E-state index < -0.39 is 6.10 Å². The van der Waals surface area contributed by atoms with Crippen LogP contribution in [0.5, 0.6) is 11.5 Å². The van der Waals surface area contributed by atoms with Gasteiger partial charge in [-0.3, -0.25) is 4.79 Å². The average Bonchev–Trinajstić information content (AvgIpc) is 2.50. The Bertz CT molecular complexity index is 670. The van der Waals surface area contributed by atoms with Crippen molar-refractivity contribution < 1.29 is 14.3 Å². The summed E-state index contributed by atoms with van der Waals surface area (Å²) in [7, 11) is 0. The molecule has 2 aromatic rings. The van der Waals surface area contributed by atoms with Gasteiger partial charge in [-0.25, -0.2) is 0 Å². The lowest BCUT2D eigenvalue weighted by Gasteiger charge is -2.25. The first-order valence-corrected chi connectivity index (χ1v) is 7.04. The molecule has 0 unspecified atom stereocenters. The van der Waals surface area contributed by atoms with Crippen molar-refractivity contribution in [3.63, 3.8) is 0 Å². The van der Waals surface area contributed by atoms with Crippen molar-refractivity contribution in [3.05, 3.63) is 52.5 Å². The van der Waals surface area contributed by atoms with Gasteiger partial charge in [0.1, 0.15) is 6.61 Å². The number of halogens is 2. The van der Waals surface area contributed by atoms with Crippen LogP contribution < -0.4 is 14.8 Å². The van der Waals surface area contributed by atoms with E-state index in [0.29, 0.717) is 27.2 Å². The Morgan fingerprint density at radius 2 is 1.71 bits per heavy atom. The Morgan fingerprint density at radius 3 is 2.43 bits per heavy atom. The molecule has 21 heavy (non-hydrogen) atoms. The number of nitrogens with one attached hydrogen (secondary N) is 1. The van der Waals surface area contributed by atoms with Crippen LogP contribution in [-0.4, -0.2) is 18.6 Å². The van der Waals surface area contributed by atoms with Gasteiger partial charge in [0.25, 0.3) is 5.91 Å². The summed E-state index contributed by atoms with van der Waals surface area (Å²) in [5.41, 5.74) is 0.369. The molecule has 0 aliphatic carbocycles. The number of rotatable bonds is 2. The van der Waals surface area contributed by atoms with E-state index >= 15 is 0 Å². The summed E-state index contributed by atoms with van der Waals surface area (Å²) >= 11 is 12.0. The standard InChI is InChI=1S/C15H11Cl2NO3/c16-9-4-3-5-10(17)14(9)18-15(19)13-8-20-11-6-1-2-7-12(11)21-13/h1-7,13H,8H2,(H,18,19)/t13-/m1/s1. The predicted octanol–water partition coefficient (Wildman–Crippen LogP) is 3.77. The Labute approximate surface area is 131 Å². The number of carbonyl (C=O) groups is 1. The van der Waals surface area contributed by atoms with Crippen LogP contribution in [0.15, 0.2) is 42.5 Å². The fourth-order valence-corrected chi connectivity index (χ4v) is 2.46. The molecule has 4 nitrogen and oxygen atoms in total. The minimum atomic E-state index is -0.757. The third-order valence-corrected chi connectivity index (χ3v) is 3.64. The summed E-state index contributed by atoms with van der Waals surface area (Å²) in [6.07, 6.45) is -0.757. The van der Waals surface area contributed by atoms with Gasteiger partial charge in [0.15, 0.2) is 11.5 Å². The van der Waals surface area contributed by atoms with Crippen LogP contribution >= 0.6 is 23.2 Å². The van der Waals surface area contributed by atoms with E-state index in [2.05, 4.69) is 5.32 Å². The second-order valence-electron chi connectivity index (χ2n) is 4.45. The molecule has 0 aromatic heterocycles. The lowest BCUT2D eigenvalue weighted by atomic mass is 10.2. The molecule has 1 amide bonds. The van der Waals surface area contributed by atoms with E-state index in [-0.39, 0.29) is 12.5 Å². The number of hydrogen-bond acceptors (Lipinski definition) is 3. The highest BCUT2D eigenvalue weighted by atomic mass is 35.5. The van der Waals surface area contributed by atoms with E-state index in [1.54, 1.807) is 30.3 Å². The average molecular weight is 324 g/mol. The first kappa shape index (κ1) is 14.0. The lowest BCUT2D eigenvalue weighted by molar-refractivity contribution is -0.125. The summed E-state index contributed by atoms with van der Waals surface area (Å²) in [5.74, 6) is 0.797. The van der Waals surface area contributed by atoms with Gasteiger partial charge >= 0.3 is 0 Å². The van der Waals surface area contributed by atoms with Crippen LogP contribution in [0.3, 0.4) is 0 Å². The van der Waals surface area contributed by atoms with Crippen LogP contribution in [-0.2, 0) is 4.79 Å². The zero-order valence-corrected chi connectivity index (χ0v) is 12.3. The maximum Gasteiger partial charge on any atom is 0.269 e. The van der Waals surface area contributed by atoms with Gasteiger partial charge in [-0.15, -0.1) is 0 Å². The summed E-state index contributed by atoms with van der Waals surface area (Å²) in [6.45, 7) is 0.130. The second kappa shape index (κ2) is 5.84. The van der Waals surface area contributed by atoms with Crippen LogP contribution in [0, 0.1) is 0 Å². The topological polar surface area (TPSA) is 47.6 Å². The number of anilines is 1. The summed E-state index contributed by atoms with van der Waals surface area (Å²) in [6, 6.07) is 12.2. The third-order valence-electron chi connectivity index (χ3n) is 3.01. The minimum absolute atomic E-state index is 0.130. The number of ether oxygens (including phenoxy) is 2. The Hall–Kier alpha value is -1.91. The van der Waals surface area contributed by atoms with E-state index in [9.17, 15) is 4.79 Å². The summed E-state index contributed by atoms with van der Waals surface area (Å²) in [4.78, 5) is 12.2. The maximum atomic E-state index is 12.2. The van der Waals surface area contributed by atoms with Gasteiger partial charge in [0.05, 0.1) is 15.7 Å². The number of amides is 1. The lowest BCUT2D eigenvalue weighted by Crippen LogP contribution is -2.40. The fraction of sp³-hybridized carbons (Fsp3) is 0.133. The van der Waals surface area contributed by atoms with Crippen LogP contribution in [0.2, 0.25) is 10.0 Å². The Kier molecular flexibility index (Phi) is 3.90. The first-order chi connectivity index (χ1) is 10.1. The highest BCUT2D eigenvalue weighted by molar-refractivity contribution is 6.39. The molecule has 2 aromatic carbocycles. The molecule has 1 aliphatic rings. The Morgan fingerprint density at radius 1 is 1.05 bits per heavy atom. The normalized spacial score (nSPS) is 16.4. The second-order valence-corrected chi connectivity index (χ2v) is 5.26. The van der Waals surface area contributed by atoms with Gasteiger partial charge in [0.2, 0.25) is 6.10 Å². The van der Waals surface area contributed by atoms with E-state index in [0.717, 1.165) is 0 Å². The molecule has 0 saturated carbocycles.